The minimum atomic E-state index is -0.903. The number of nitrogens with two attached hydrogens (primary N) is 2. The van der Waals surface area contributed by atoms with E-state index in [-0.39, 0.29) is 12.6 Å². The quantitative estimate of drug-likeness (QED) is 0.757. The fourth-order valence-electron chi connectivity index (χ4n) is 2.85. The molecule has 1 saturated heterocycles. The van der Waals surface area contributed by atoms with E-state index in [1.165, 1.54) is 0 Å². The largest absolute Gasteiger partial charge is 0.396 e. The highest BCUT2D eigenvalue weighted by atomic mass is 35.5. The summed E-state index contributed by atoms with van der Waals surface area (Å²) >= 11 is 5.92. The number of carbonyl (C=O) groups excluding carboxylic acids is 1. The van der Waals surface area contributed by atoms with Crippen LogP contribution < -0.4 is 11.5 Å². The number of piperidine rings is 1. The number of rotatable bonds is 5. The molecule has 0 aromatic heterocycles. The number of amides is 1. The molecule has 1 atom stereocenters. The molecule has 0 unspecified atom stereocenters. The van der Waals surface area contributed by atoms with Crippen LogP contribution in [0.5, 0.6) is 0 Å². The molecule has 1 fully saturated rings. The first-order valence-electron chi connectivity index (χ1n) is 7.15. The van der Waals surface area contributed by atoms with Crippen LogP contribution in [0.2, 0.25) is 5.02 Å². The van der Waals surface area contributed by atoms with E-state index in [2.05, 4.69) is 4.90 Å². The second-order valence-corrected chi connectivity index (χ2v) is 6.07. The average Bonchev–Trinajstić information content (AvgIpc) is 2.47. The molecule has 116 valence electrons. The van der Waals surface area contributed by atoms with Gasteiger partial charge >= 0.3 is 0 Å². The van der Waals surface area contributed by atoms with Crippen molar-refractivity contribution in [2.75, 3.05) is 19.7 Å². The Morgan fingerprint density at radius 1 is 1.33 bits per heavy atom. The van der Waals surface area contributed by atoms with Crippen LogP contribution in [-0.2, 0) is 4.79 Å². The normalized spacial score (nSPS) is 20.1. The first-order valence-corrected chi connectivity index (χ1v) is 7.53. The minimum absolute atomic E-state index is 0.102. The summed E-state index contributed by atoms with van der Waals surface area (Å²) in [7, 11) is 0. The molecule has 0 radical (unpaired) electrons. The molecular formula is C15H22ClN3O2. The highest BCUT2D eigenvalue weighted by Crippen LogP contribution is 2.30. The lowest BCUT2D eigenvalue weighted by Crippen LogP contribution is -2.58. The number of carbonyl (C=O) groups is 1. The van der Waals surface area contributed by atoms with Crippen molar-refractivity contribution in [3.8, 4) is 0 Å². The predicted octanol–water partition coefficient (Wildman–Crippen LogP) is 1.04. The number of aliphatic hydroxyl groups is 1. The number of halogens is 1. The van der Waals surface area contributed by atoms with Crippen molar-refractivity contribution in [2.45, 2.75) is 30.8 Å². The highest BCUT2D eigenvalue weighted by Gasteiger charge is 2.37. The second-order valence-electron chi connectivity index (χ2n) is 5.64. The molecule has 0 saturated carbocycles. The molecule has 1 amide bonds. The van der Waals surface area contributed by atoms with E-state index in [4.69, 9.17) is 23.1 Å². The first kappa shape index (κ1) is 16.2. The van der Waals surface area contributed by atoms with Gasteiger partial charge in [0.15, 0.2) is 0 Å². The lowest BCUT2D eigenvalue weighted by Gasteiger charge is -2.41. The highest BCUT2D eigenvalue weighted by molar-refractivity contribution is 6.30. The molecule has 6 heteroatoms. The number of hydrogen-bond donors (Lipinski definition) is 3. The molecule has 1 aromatic carbocycles. The summed E-state index contributed by atoms with van der Waals surface area (Å²) in [6, 6.07) is 7.75. The summed E-state index contributed by atoms with van der Waals surface area (Å²) in [5.74, 6) is -0.438. The Labute approximate surface area is 129 Å². The maximum atomic E-state index is 11.4. The fourth-order valence-corrected chi connectivity index (χ4v) is 2.97. The van der Waals surface area contributed by atoms with Gasteiger partial charge in [0.1, 0.15) is 0 Å². The molecule has 0 spiro atoms. The zero-order chi connectivity index (χ0) is 15.5. The van der Waals surface area contributed by atoms with Gasteiger partial charge in [-0.2, -0.15) is 0 Å². The summed E-state index contributed by atoms with van der Waals surface area (Å²) in [5.41, 5.74) is 11.6. The Bertz CT molecular complexity index is 484. The van der Waals surface area contributed by atoms with Gasteiger partial charge < -0.3 is 16.6 Å². The van der Waals surface area contributed by atoms with Crippen molar-refractivity contribution in [1.82, 2.24) is 4.90 Å². The van der Waals surface area contributed by atoms with Crippen LogP contribution in [0.1, 0.15) is 30.9 Å². The number of nitrogens with zero attached hydrogens (tertiary/aromatic N) is 1. The lowest BCUT2D eigenvalue weighted by molar-refractivity contribution is -0.125. The van der Waals surface area contributed by atoms with E-state index in [1.807, 2.05) is 24.3 Å². The van der Waals surface area contributed by atoms with Gasteiger partial charge in [-0.05, 0) is 37.0 Å². The SMILES string of the molecule is NC(=O)C1(N)CCN([C@@H](CCO)c2ccc(Cl)cc2)CC1. The zero-order valence-corrected chi connectivity index (χ0v) is 12.7. The van der Waals surface area contributed by atoms with Gasteiger partial charge in [-0.25, -0.2) is 0 Å². The Kier molecular flexibility index (Phi) is 5.22. The number of primary amides is 1. The maximum absolute atomic E-state index is 11.4. The zero-order valence-electron chi connectivity index (χ0n) is 12.0. The van der Waals surface area contributed by atoms with Gasteiger partial charge in [0, 0.05) is 30.8 Å². The topological polar surface area (TPSA) is 92.6 Å². The van der Waals surface area contributed by atoms with Crippen molar-refractivity contribution in [1.29, 1.82) is 0 Å². The maximum Gasteiger partial charge on any atom is 0.237 e. The van der Waals surface area contributed by atoms with Crippen molar-refractivity contribution in [3.63, 3.8) is 0 Å². The van der Waals surface area contributed by atoms with Crippen LogP contribution in [0.4, 0.5) is 0 Å². The third-order valence-corrected chi connectivity index (χ3v) is 4.53. The van der Waals surface area contributed by atoms with Crippen LogP contribution in [0.25, 0.3) is 0 Å². The fraction of sp³-hybridized carbons (Fsp3) is 0.533. The van der Waals surface area contributed by atoms with Crippen LogP contribution in [0.15, 0.2) is 24.3 Å². The summed E-state index contributed by atoms with van der Waals surface area (Å²) in [6.07, 6.45) is 1.71. The molecule has 1 aliphatic heterocycles. The van der Waals surface area contributed by atoms with E-state index in [0.717, 1.165) is 5.56 Å². The Morgan fingerprint density at radius 3 is 2.38 bits per heavy atom. The molecule has 2 rings (SSSR count). The van der Waals surface area contributed by atoms with E-state index in [1.54, 1.807) is 0 Å². The molecule has 5 nitrogen and oxygen atoms in total. The van der Waals surface area contributed by atoms with Crippen LogP contribution in [0.3, 0.4) is 0 Å². The molecular weight excluding hydrogens is 290 g/mol. The monoisotopic (exact) mass is 311 g/mol. The van der Waals surface area contributed by atoms with Crippen LogP contribution in [-0.4, -0.2) is 41.1 Å². The molecule has 0 bridgehead atoms. The molecule has 1 heterocycles. The number of hydrogen-bond acceptors (Lipinski definition) is 4. The smallest absolute Gasteiger partial charge is 0.237 e. The van der Waals surface area contributed by atoms with Crippen LogP contribution >= 0.6 is 11.6 Å². The molecule has 5 N–H and O–H groups in total. The third kappa shape index (κ3) is 3.74. The molecule has 1 aliphatic rings. The summed E-state index contributed by atoms with van der Waals surface area (Å²) < 4.78 is 0. The number of aliphatic hydroxyl groups excluding tert-OH is 1. The first-order chi connectivity index (χ1) is 9.96. The molecule has 21 heavy (non-hydrogen) atoms. The molecule has 1 aromatic rings. The van der Waals surface area contributed by atoms with Crippen LogP contribution in [0, 0.1) is 0 Å². The Hall–Kier alpha value is -1.14. The van der Waals surface area contributed by atoms with Gasteiger partial charge in [0.2, 0.25) is 5.91 Å². The Balaban J connectivity index is 2.10. The molecule has 0 aliphatic carbocycles. The van der Waals surface area contributed by atoms with Crippen molar-refractivity contribution >= 4 is 17.5 Å². The van der Waals surface area contributed by atoms with Gasteiger partial charge in [-0.1, -0.05) is 23.7 Å². The predicted molar refractivity (Wildman–Crippen MR) is 82.8 cm³/mol. The van der Waals surface area contributed by atoms with E-state index < -0.39 is 11.4 Å². The second kappa shape index (κ2) is 6.75. The van der Waals surface area contributed by atoms with Gasteiger partial charge in [-0.3, -0.25) is 9.69 Å². The summed E-state index contributed by atoms with van der Waals surface area (Å²) in [4.78, 5) is 13.7. The van der Waals surface area contributed by atoms with E-state index in [0.29, 0.717) is 37.4 Å². The van der Waals surface area contributed by atoms with Crippen molar-refractivity contribution < 1.29 is 9.90 Å². The van der Waals surface area contributed by atoms with E-state index >= 15 is 0 Å². The van der Waals surface area contributed by atoms with E-state index in [9.17, 15) is 9.90 Å². The van der Waals surface area contributed by atoms with Gasteiger partial charge in [-0.15, -0.1) is 0 Å². The third-order valence-electron chi connectivity index (χ3n) is 4.28. The van der Waals surface area contributed by atoms with Gasteiger partial charge in [0.05, 0.1) is 5.54 Å². The summed E-state index contributed by atoms with van der Waals surface area (Å²) in [6.45, 7) is 1.48. The number of benzene rings is 1. The minimum Gasteiger partial charge on any atom is -0.396 e. The number of likely N-dealkylation sites (tertiary alicyclic amines) is 1. The lowest BCUT2D eigenvalue weighted by atomic mass is 9.86. The summed E-state index contributed by atoms with van der Waals surface area (Å²) in [5, 5.41) is 10.0. The Morgan fingerprint density at radius 2 is 1.90 bits per heavy atom. The van der Waals surface area contributed by atoms with Gasteiger partial charge in [0.25, 0.3) is 0 Å². The van der Waals surface area contributed by atoms with Crippen molar-refractivity contribution in [3.05, 3.63) is 34.9 Å². The average molecular weight is 312 g/mol. The standard InChI is InChI=1S/C15H22ClN3O2/c16-12-3-1-11(2-4-12)13(5-10-20)19-8-6-15(18,7-9-19)14(17)21/h1-4,13,20H,5-10,18H2,(H2,17,21)/t13-/m0/s1. The van der Waals surface area contributed by atoms with Crippen molar-refractivity contribution in [2.24, 2.45) is 11.5 Å².